The van der Waals surface area contributed by atoms with Gasteiger partial charge in [-0.3, -0.25) is 0 Å². The quantitative estimate of drug-likeness (QED) is 0.683. The molecular weight excluding hydrogens is 166 g/mol. The summed E-state index contributed by atoms with van der Waals surface area (Å²) in [6.45, 7) is 0.784. The van der Waals surface area contributed by atoms with Crippen LogP contribution in [0.1, 0.15) is 12.5 Å². The minimum absolute atomic E-state index is 0.134. The van der Waals surface area contributed by atoms with E-state index in [1.807, 2.05) is 0 Å². The largest absolute Gasteiger partial charge is 0.480 e. The van der Waals surface area contributed by atoms with E-state index in [2.05, 4.69) is 14.9 Å². The number of aromatic nitrogens is 2. The molecule has 0 aliphatic carbocycles. The summed E-state index contributed by atoms with van der Waals surface area (Å²) in [6, 6.07) is 1.19. The number of nitrogens with zero attached hydrogens (tertiary/aromatic N) is 2. The third kappa shape index (κ3) is 1.66. The Labute approximate surface area is 68.4 Å². The third-order valence-electron chi connectivity index (χ3n) is 1.35. The van der Waals surface area contributed by atoms with Crippen LogP contribution in [0, 0.1) is 0 Å². The Kier molecular flexibility index (Phi) is 2.21. The maximum Gasteiger partial charge on any atom is 0.275 e. The summed E-state index contributed by atoms with van der Waals surface area (Å²) >= 11 is 0. The molecule has 1 rings (SSSR count). The Balaban J connectivity index is 3.14. The van der Waals surface area contributed by atoms with Gasteiger partial charge in [-0.15, -0.1) is 5.10 Å². The molecule has 0 N–H and O–H groups in total. The number of hydrogen-bond acceptors (Lipinski definition) is 3. The highest BCUT2D eigenvalue weighted by molar-refractivity contribution is 5.27. The normalized spacial score (nSPS) is 11.3. The molecule has 1 heterocycles. The zero-order valence-corrected chi connectivity index (χ0v) is 6.71. The molecule has 0 aliphatic rings. The molecule has 0 aromatic carbocycles. The Bertz CT molecular complexity index is 272. The highest BCUT2D eigenvalue weighted by Gasteiger charge is 2.29. The molecule has 66 valence electrons. The number of rotatable bonds is 2. The summed E-state index contributed by atoms with van der Waals surface area (Å²) in [7, 11) is 1.28. The van der Waals surface area contributed by atoms with Crippen LogP contribution in [0.4, 0.5) is 8.78 Å². The van der Waals surface area contributed by atoms with E-state index in [9.17, 15) is 8.78 Å². The van der Waals surface area contributed by atoms with Crippen molar-refractivity contribution in [3.05, 3.63) is 17.8 Å². The van der Waals surface area contributed by atoms with Gasteiger partial charge in [0.2, 0.25) is 5.88 Å². The standard InChI is InChI=1S/C7H8F2N2O/c1-7(8,9)5-3-4-10-11-6(5)12-2/h3-4H,1-2H3. The fourth-order valence-corrected chi connectivity index (χ4v) is 0.804. The van der Waals surface area contributed by atoms with Crippen LogP contribution in [0.3, 0.4) is 0 Å². The summed E-state index contributed by atoms with van der Waals surface area (Å²) in [5.74, 6) is -3.08. The van der Waals surface area contributed by atoms with Crippen LogP contribution in [-0.2, 0) is 5.92 Å². The molecule has 0 saturated carbocycles. The number of hydrogen-bond donors (Lipinski definition) is 0. The minimum atomic E-state index is -2.94. The van der Waals surface area contributed by atoms with E-state index in [-0.39, 0.29) is 11.4 Å². The van der Waals surface area contributed by atoms with Crippen LogP contribution >= 0.6 is 0 Å². The molecule has 1 aromatic rings. The van der Waals surface area contributed by atoms with Gasteiger partial charge in [0.05, 0.1) is 18.9 Å². The lowest BCUT2D eigenvalue weighted by molar-refractivity contribution is 0.0142. The van der Waals surface area contributed by atoms with Gasteiger partial charge in [0, 0.05) is 6.92 Å². The molecule has 0 amide bonds. The van der Waals surface area contributed by atoms with E-state index in [4.69, 9.17) is 0 Å². The number of alkyl halides is 2. The smallest absolute Gasteiger partial charge is 0.275 e. The van der Waals surface area contributed by atoms with Gasteiger partial charge < -0.3 is 4.74 Å². The van der Waals surface area contributed by atoms with Gasteiger partial charge in [0.25, 0.3) is 5.92 Å². The molecule has 0 saturated heterocycles. The predicted octanol–water partition coefficient (Wildman–Crippen LogP) is 1.60. The van der Waals surface area contributed by atoms with Crippen molar-refractivity contribution in [1.29, 1.82) is 0 Å². The Morgan fingerprint density at radius 2 is 2.17 bits per heavy atom. The van der Waals surface area contributed by atoms with Crippen molar-refractivity contribution >= 4 is 0 Å². The van der Waals surface area contributed by atoms with Crippen molar-refractivity contribution in [2.45, 2.75) is 12.8 Å². The van der Waals surface area contributed by atoms with Gasteiger partial charge in [-0.05, 0) is 6.07 Å². The zero-order valence-electron chi connectivity index (χ0n) is 6.71. The molecule has 0 aliphatic heterocycles. The molecule has 1 aromatic heterocycles. The topological polar surface area (TPSA) is 35.0 Å². The van der Waals surface area contributed by atoms with Gasteiger partial charge in [-0.2, -0.15) is 5.10 Å². The molecule has 12 heavy (non-hydrogen) atoms. The molecule has 0 atom stereocenters. The van der Waals surface area contributed by atoms with E-state index in [1.165, 1.54) is 19.4 Å². The van der Waals surface area contributed by atoms with Gasteiger partial charge in [0.15, 0.2) is 0 Å². The van der Waals surface area contributed by atoms with Crippen molar-refractivity contribution in [3.8, 4) is 5.88 Å². The fraction of sp³-hybridized carbons (Fsp3) is 0.429. The van der Waals surface area contributed by atoms with Crippen molar-refractivity contribution in [1.82, 2.24) is 10.2 Å². The molecule has 3 nitrogen and oxygen atoms in total. The van der Waals surface area contributed by atoms with Crippen LogP contribution in [0.2, 0.25) is 0 Å². The first-order chi connectivity index (χ1) is 5.55. The molecule has 0 spiro atoms. The fourth-order valence-electron chi connectivity index (χ4n) is 0.804. The SMILES string of the molecule is COc1nnccc1C(C)(F)F. The molecule has 0 radical (unpaired) electrons. The summed E-state index contributed by atoms with van der Waals surface area (Å²) < 4.78 is 30.1. The lowest BCUT2D eigenvalue weighted by atomic mass is 10.2. The highest BCUT2D eigenvalue weighted by Crippen LogP contribution is 2.31. The van der Waals surface area contributed by atoms with E-state index in [0.717, 1.165) is 6.92 Å². The second kappa shape index (κ2) is 3.00. The number of methoxy groups -OCH3 is 1. The maximum absolute atomic E-state index is 12.8. The average Bonchev–Trinajstić information content (AvgIpc) is 2.03. The zero-order chi connectivity index (χ0) is 9.19. The average molecular weight is 174 g/mol. The van der Waals surface area contributed by atoms with Crippen LogP contribution < -0.4 is 4.74 Å². The number of halogens is 2. The van der Waals surface area contributed by atoms with E-state index < -0.39 is 5.92 Å². The van der Waals surface area contributed by atoms with E-state index in [1.54, 1.807) is 0 Å². The summed E-state index contributed by atoms with van der Waals surface area (Å²) in [4.78, 5) is 0. The van der Waals surface area contributed by atoms with Crippen LogP contribution in [0.25, 0.3) is 0 Å². The highest BCUT2D eigenvalue weighted by atomic mass is 19.3. The van der Waals surface area contributed by atoms with Gasteiger partial charge in [0.1, 0.15) is 0 Å². The third-order valence-corrected chi connectivity index (χ3v) is 1.35. The molecule has 0 unspecified atom stereocenters. The van der Waals surface area contributed by atoms with Crippen molar-refractivity contribution in [2.24, 2.45) is 0 Å². The maximum atomic E-state index is 12.8. The van der Waals surface area contributed by atoms with Gasteiger partial charge in [-0.1, -0.05) is 0 Å². The van der Waals surface area contributed by atoms with E-state index >= 15 is 0 Å². The van der Waals surface area contributed by atoms with Crippen molar-refractivity contribution in [2.75, 3.05) is 7.11 Å². The Morgan fingerprint density at radius 3 is 2.58 bits per heavy atom. The van der Waals surface area contributed by atoms with E-state index in [0.29, 0.717) is 0 Å². The Hall–Kier alpha value is -1.26. The van der Waals surface area contributed by atoms with Crippen LogP contribution in [-0.4, -0.2) is 17.3 Å². The molecule has 0 fully saturated rings. The second-order valence-electron chi connectivity index (χ2n) is 2.34. The molecule has 5 heteroatoms. The lowest BCUT2D eigenvalue weighted by Crippen LogP contribution is -2.10. The molecular formula is C7H8F2N2O. The first kappa shape index (κ1) is 8.83. The summed E-state index contributed by atoms with van der Waals surface area (Å²) in [6.07, 6.45) is 1.20. The first-order valence-corrected chi connectivity index (χ1v) is 3.29. The molecule has 0 bridgehead atoms. The van der Waals surface area contributed by atoms with Gasteiger partial charge in [-0.25, -0.2) is 8.78 Å². The summed E-state index contributed by atoms with van der Waals surface area (Å²) in [5, 5.41) is 6.83. The lowest BCUT2D eigenvalue weighted by Gasteiger charge is -2.11. The van der Waals surface area contributed by atoms with Crippen molar-refractivity contribution < 1.29 is 13.5 Å². The monoisotopic (exact) mass is 174 g/mol. The summed E-state index contributed by atoms with van der Waals surface area (Å²) in [5.41, 5.74) is -0.250. The van der Waals surface area contributed by atoms with Crippen molar-refractivity contribution in [3.63, 3.8) is 0 Å². The number of ether oxygens (including phenoxy) is 1. The first-order valence-electron chi connectivity index (χ1n) is 3.29. The van der Waals surface area contributed by atoms with Gasteiger partial charge >= 0.3 is 0 Å². The van der Waals surface area contributed by atoms with Crippen LogP contribution in [0.15, 0.2) is 12.3 Å². The predicted molar refractivity (Wildman–Crippen MR) is 38.2 cm³/mol. The minimum Gasteiger partial charge on any atom is -0.480 e. The second-order valence-corrected chi connectivity index (χ2v) is 2.34. The van der Waals surface area contributed by atoms with Crippen LogP contribution in [0.5, 0.6) is 5.88 Å². The Morgan fingerprint density at radius 1 is 1.50 bits per heavy atom.